The van der Waals surface area contributed by atoms with Crippen molar-refractivity contribution >= 4 is 29.4 Å². The average Bonchev–Trinajstić information content (AvgIpc) is 3.36. The number of furan rings is 1. The zero-order valence-corrected chi connectivity index (χ0v) is 18.8. The molecule has 2 aromatic heterocycles. The van der Waals surface area contributed by atoms with Crippen molar-refractivity contribution in [1.82, 2.24) is 14.8 Å². The lowest BCUT2D eigenvalue weighted by atomic mass is 10.2. The summed E-state index contributed by atoms with van der Waals surface area (Å²) in [6.45, 7) is 7.35. The van der Waals surface area contributed by atoms with Gasteiger partial charge in [0.25, 0.3) is 0 Å². The van der Waals surface area contributed by atoms with Crippen molar-refractivity contribution in [3.05, 3.63) is 48.9 Å². The summed E-state index contributed by atoms with van der Waals surface area (Å²) in [5, 5.41) is 11.1. The molecule has 8 nitrogen and oxygen atoms in total. The molecule has 3 aromatic rings. The van der Waals surface area contributed by atoms with Crippen molar-refractivity contribution in [2.45, 2.75) is 56.5 Å². The normalized spacial score (nSPS) is 12.4. The van der Waals surface area contributed by atoms with Crippen LogP contribution in [0.2, 0.25) is 0 Å². The molecule has 1 unspecified atom stereocenters. The highest BCUT2D eigenvalue weighted by Crippen LogP contribution is 2.30. The Balaban J connectivity index is 1.90. The summed E-state index contributed by atoms with van der Waals surface area (Å²) < 4.78 is 12.0. The number of aromatic nitrogens is 3. The number of anilines is 1. The van der Waals surface area contributed by atoms with E-state index >= 15 is 0 Å². The largest absolute Gasteiger partial charge is 0.472 e. The highest BCUT2D eigenvalue weighted by Gasteiger charge is 2.29. The van der Waals surface area contributed by atoms with Gasteiger partial charge in [-0.3, -0.25) is 4.79 Å². The van der Waals surface area contributed by atoms with Crippen LogP contribution >= 0.6 is 11.8 Å². The number of benzene rings is 1. The lowest BCUT2D eigenvalue weighted by Crippen LogP contribution is -2.29. The summed E-state index contributed by atoms with van der Waals surface area (Å²) in [4.78, 5) is 25.9. The van der Waals surface area contributed by atoms with E-state index in [1.165, 1.54) is 28.9 Å². The molecule has 2 heterocycles. The molecule has 0 aliphatic rings. The van der Waals surface area contributed by atoms with Crippen LogP contribution in [0.3, 0.4) is 0 Å². The van der Waals surface area contributed by atoms with Crippen LogP contribution in [-0.4, -0.2) is 37.6 Å². The molecule has 0 saturated carbocycles. The summed E-state index contributed by atoms with van der Waals surface area (Å²) in [6, 6.07) is 10.9. The van der Waals surface area contributed by atoms with Crippen molar-refractivity contribution in [2.75, 3.05) is 5.32 Å². The summed E-state index contributed by atoms with van der Waals surface area (Å²) in [5.74, 6) is 0.130. The molecule has 0 spiro atoms. The van der Waals surface area contributed by atoms with Crippen molar-refractivity contribution < 1.29 is 18.7 Å². The van der Waals surface area contributed by atoms with E-state index in [9.17, 15) is 9.59 Å². The van der Waals surface area contributed by atoms with E-state index in [2.05, 4.69) is 15.5 Å². The molecule has 0 radical (unpaired) electrons. The van der Waals surface area contributed by atoms with Gasteiger partial charge in [0, 0.05) is 5.69 Å². The molecule has 31 heavy (non-hydrogen) atoms. The van der Waals surface area contributed by atoms with E-state index in [0.717, 1.165) is 6.42 Å². The van der Waals surface area contributed by atoms with Gasteiger partial charge in [0.2, 0.25) is 11.1 Å². The van der Waals surface area contributed by atoms with Crippen LogP contribution in [0, 0.1) is 0 Å². The van der Waals surface area contributed by atoms with Gasteiger partial charge in [-0.1, -0.05) is 43.3 Å². The molecule has 0 aliphatic carbocycles. The van der Waals surface area contributed by atoms with Gasteiger partial charge in [0.05, 0.1) is 17.1 Å². The second-order valence-corrected chi connectivity index (χ2v) is 9.05. The minimum absolute atomic E-state index is 0.165. The van der Waals surface area contributed by atoms with E-state index in [4.69, 9.17) is 9.15 Å². The minimum Gasteiger partial charge on any atom is -0.472 e. The summed E-state index contributed by atoms with van der Waals surface area (Å²) in [6.07, 6.45) is 3.74. The fraction of sp³-hybridized carbons (Fsp3) is 0.364. The molecule has 164 valence electrons. The first-order valence-corrected chi connectivity index (χ1v) is 10.9. The second kappa shape index (κ2) is 9.82. The maximum atomic E-state index is 13.0. The van der Waals surface area contributed by atoms with Gasteiger partial charge < -0.3 is 14.5 Å². The molecular formula is C22H26N4O4S. The SMILES string of the molecule is CCCC(Sc1nnc(-c2ccoc2)n1C(=O)OC(C)(C)C)C(=O)Nc1ccccc1. The second-order valence-electron chi connectivity index (χ2n) is 7.88. The Kier molecular flexibility index (Phi) is 7.17. The van der Waals surface area contributed by atoms with Crippen molar-refractivity contribution in [2.24, 2.45) is 0 Å². The van der Waals surface area contributed by atoms with Crippen LogP contribution in [0.5, 0.6) is 0 Å². The molecular weight excluding hydrogens is 416 g/mol. The Morgan fingerprint density at radius 1 is 1.19 bits per heavy atom. The van der Waals surface area contributed by atoms with Crippen LogP contribution in [0.1, 0.15) is 40.5 Å². The molecule has 1 aromatic carbocycles. The summed E-state index contributed by atoms with van der Waals surface area (Å²) >= 11 is 1.19. The number of nitrogens with one attached hydrogen (secondary N) is 1. The van der Waals surface area contributed by atoms with Crippen LogP contribution in [0.4, 0.5) is 10.5 Å². The summed E-state index contributed by atoms with van der Waals surface area (Å²) in [5.41, 5.74) is 0.595. The molecule has 0 fully saturated rings. The van der Waals surface area contributed by atoms with E-state index in [-0.39, 0.29) is 11.1 Å². The number of hydrogen-bond donors (Lipinski definition) is 1. The van der Waals surface area contributed by atoms with E-state index < -0.39 is 16.9 Å². The lowest BCUT2D eigenvalue weighted by Gasteiger charge is -2.21. The lowest BCUT2D eigenvalue weighted by molar-refractivity contribution is -0.115. The van der Waals surface area contributed by atoms with Gasteiger partial charge in [-0.05, 0) is 45.4 Å². The number of carbonyl (C=O) groups is 2. The Bertz CT molecular complexity index is 1010. The molecule has 0 bridgehead atoms. The maximum absolute atomic E-state index is 13.0. The first-order valence-electron chi connectivity index (χ1n) is 10.0. The van der Waals surface area contributed by atoms with E-state index in [1.54, 1.807) is 26.8 Å². The van der Waals surface area contributed by atoms with Gasteiger partial charge in [0.1, 0.15) is 11.9 Å². The van der Waals surface area contributed by atoms with Gasteiger partial charge in [-0.15, -0.1) is 10.2 Å². The van der Waals surface area contributed by atoms with Crippen LogP contribution < -0.4 is 5.32 Å². The Morgan fingerprint density at radius 3 is 2.55 bits per heavy atom. The molecule has 1 amide bonds. The molecule has 9 heteroatoms. The third-order valence-electron chi connectivity index (χ3n) is 4.12. The minimum atomic E-state index is -0.704. The highest BCUT2D eigenvalue weighted by atomic mass is 32.2. The Labute approximate surface area is 185 Å². The number of rotatable bonds is 7. The first kappa shape index (κ1) is 22.6. The zero-order valence-electron chi connectivity index (χ0n) is 18.0. The predicted molar refractivity (Wildman–Crippen MR) is 119 cm³/mol. The number of hydrogen-bond acceptors (Lipinski definition) is 7. The van der Waals surface area contributed by atoms with Crippen molar-refractivity contribution in [3.8, 4) is 11.4 Å². The van der Waals surface area contributed by atoms with Gasteiger partial charge in [-0.2, -0.15) is 0 Å². The third kappa shape index (κ3) is 5.97. The van der Waals surface area contributed by atoms with Crippen molar-refractivity contribution in [3.63, 3.8) is 0 Å². The molecule has 1 N–H and O–H groups in total. The number of nitrogens with zero attached hydrogens (tertiary/aromatic N) is 3. The number of para-hydroxylation sites is 1. The first-order chi connectivity index (χ1) is 14.8. The molecule has 1 atom stereocenters. The van der Waals surface area contributed by atoms with Gasteiger partial charge >= 0.3 is 6.09 Å². The monoisotopic (exact) mass is 442 g/mol. The average molecular weight is 443 g/mol. The topological polar surface area (TPSA) is 99.2 Å². The fourth-order valence-corrected chi connectivity index (χ4v) is 3.90. The quantitative estimate of drug-likeness (QED) is 0.501. The van der Waals surface area contributed by atoms with Crippen molar-refractivity contribution in [1.29, 1.82) is 0 Å². The standard InChI is InChI=1S/C22H26N4O4S/c1-5-9-17(19(27)23-16-10-7-6-8-11-16)31-20-25-24-18(15-12-13-29-14-15)26(20)21(28)30-22(2,3)4/h6-8,10-14,17H,5,9H2,1-4H3,(H,23,27). The molecule has 0 saturated heterocycles. The predicted octanol–water partition coefficient (Wildman–Crippen LogP) is 5.22. The van der Waals surface area contributed by atoms with Gasteiger partial charge in [0.15, 0.2) is 5.82 Å². The number of ether oxygens (including phenoxy) is 1. The molecule has 0 aliphatic heterocycles. The number of carbonyl (C=O) groups excluding carboxylic acids is 2. The number of thioether (sulfide) groups is 1. The van der Waals surface area contributed by atoms with Gasteiger partial charge in [-0.25, -0.2) is 9.36 Å². The zero-order chi connectivity index (χ0) is 22.4. The molecule has 3 rings (SSSR count). The maximum Gasteiger partial charge on any atom is 0.422 e. The third-order valence-corrected chi connectivity index (χ3v) is 5.33. The van der Waals surface area contributed by atoms with Crippen LogP contribution in [-0.2, 0) is 9.53 Å². The Hall–Kier alpha value is -3.07. The van der Waals surface area contributed by atoms with Crippen LogP contribution in [0.25, 0.3) is 11.4 Å². The number of amides is 1. The van der Waals surface area contributed by atoms with E-state index in [1.807, 2.05) is 37.3 Å². The van der Waals surface area contributed by atoms with Crippen LogP contribution in [0.15, 0.2) is 58.5 Å². The highest BCUT2D eigenvalue weighted by molar-refractivity contribution is 8.00. The van der Waals surface area contributed by atoms with E-state index in [0.29, 0.717) is 23.5 Å². The Morgan fingerprint density at radius 2 is 1.94 bits per heavy atom. The smallest absolute Gasteiger partial charge is 0.422 e. The summed E-state index contributed by atoms with van der Waals surface area (Å²) in [7, 11) is 0. The fourth-order valence-electron chi connectivity index (χ4n) is 2.77.